The molecule has 1 aromatic rings. The van der Waals surface area contributed by atoms with Crippen molar-refractivity contribution in [3.8, 4) is 11.5 Å². The molecule has 0 aliphatic rings. The van der Waals surface area contributed by atoms with E-state index >= 15 is 0 Å². The Morgan fingerprint density at radius 3 is 2.31 bits per heavy atom. The van der Waals surface area contributed by atoms with Gasteiger partial charge in [-0.2, -0.15) is 0 Å². The first-order valence-corrected chi connectivity index (χ1v) is 5.54. The zero-order valence-corrected chi connectivity index (χ0v) is 10.9. The molecule has 4 heteroatoms. The first-order chi connectivity index (χ1) is 7.51. The Bertz CT molecular complexity index is 378. The van der Waals surface area contributed by atoms with Crippen LogP contribution in [-0.4, -0.2) is 20.3 Å². The molecule has 1 rings (SSSR count). The molecule has 0 amide bonds. The predicted molar refractivity (Wildman–Crippen MR) is 66.6 cm³/mol. The number of methoxy groups -OCH3 is 2. The van der Waals surface area contributed by atoms with Crippen molar-refractivity contribution in [2.75, 3.05) is 14.2 Å². The highest BCUT2D eigenvalue weighted by molar-refractivity contribution is 6.32. The van der Waals surface area contributed by atoms with Crippen LogP contribution in [0.1, 0.15) is 18.1 Å². The van der Waals surface area contributed by atoms with Crippen LogP contribution < -0.4 is 15.2 Å². The molecule has 0 saturated heterocycles. The molecule has 0 saturated carbocycles. The lowest BCUT2D eigenvalue weighted by atomic mass is 10.0. The van der Waals surface area contributed by atoms with Gasteiger partial charge in [0.25, 0.3) is 0 Å². The average Bonchev–Trinajstić information content (AvgIpc) is 2.17. The van der Waals surface area contributed by atoms with Crippen molar-refractivity contribution in [3.05, 3.63) is 22.2 Å². The SMILES string of the molecule is COc1c(Cl)cc(CC(C)N)c(OC)c1C. The largest absolute Gasteiger partial charge is 0.496 e. The lowest BCUT2D eigenvalue weighted by Gasteiger charge is -2.17. The van der Waals surface area contributed by atoms with E-state index in [1.807, 2.05) is 19.9 Å². The van der Waals surface area contributed by atoms with Gasteiger partial charge >= 0.3 is 0 Å². The Balaban J connectivity index is 3.29. The van der Waals surface area contributed by atoms with Gasteiger partial charge in [0.05, 0.1) is 19.2 Å². The second kappa shape index (κ2) is 5.41. The zero-order chi connectivity index (χ0) is 12.3. The number of benzene rings is 1. The summed E-state index contributed by atoms with van der Waals surface area (Å²) in [6, 6.07) is 1.92. The second-order valence-corrected chi connectivity index (χ2v) is 4.30. The molecule has 0 bridgehead atoms. The first-order valence-electron chi connectivity index (χ1n) is 5.16. The molecule has 90 valence electrons. The summed E-state index contributed by atoms with van der Waals surface area (Å²) < 4.78 is 10.6. The molecule has 2 N–H and O–H groups in total. The maximum absolute atomic E-state index is 6.13. The molecule has 1 unspecified atom stereocenters. The average molecular weight is 244 g/mol. The Hall–Kier alpha value is -0.930. The number of rotatable bonds is 4. The Labute approximate surface area is 101 Å². The molecule has 0 heterocycles. The monoisotopic (exact) mass is 243 g/mol. The van der Waals surface area contributed by atoms with Gasteiger partial charge in [-0.3, -0.25) is 0 Å². The summed E-state index contributed by atoms with van der Waals surface area (Å²) in [7, 11) is 3.24. The third-order valence-corrected chi connectivity index (χ3v) is 2.72. The fourth-order valence-corrected chi connectivity index (χ4v) is 2.19. The summed E-state index contributed by atoms with van der Waals surface area (Å²) in [5.41, 5.74) is 7.71. The van der Waals surface area contributed by atoms with Crippen LogP contribution in [0.2, 0.25) is 5.02 Å². The van der Waals surface area contributed by atoms with Crippen molar-refractivity contribution in [1.29, 1.82) is 0 Å². The van der Waals surface area contributed by atoms with Gasteiger partial charge in [0, 0.05) is 11.6 Å². The third kappa shape index (κ3) is 2.60. The Morgan fingerprint density at radius 1 is 1.31 bits per heavy atom. The van der Waals surface area contributed by atoms with Crippen molar-refractivity contribution < 1.29 is 9.47 Å². The van der Waals surface area contributed by atoms with E-state index in [-0.39, 0.29) is 6.04 Å². The smallest absolute Gasteiger partial charge is 0.144 e. The molecule has 0 aromatic heterocycles. The van der Waals surface area contributed by atoms with Crippen molar-refractivity contribution in [2.24, 2.45) is 5.73 Å². The van der Waals surface area contributed by atoms with Crippen LogP contribution in [0.15, 0.2) is 6.07 Å². The highest BCUT2D eigenvalue weighted by Crippen LogP contribution is 2.38. The van der Waals surface area contributed by atoms with E-state index in [9.17, 15) is 0 Å². The summed E-state index contributed by atoms with van der Waals surface area (Å²) >= 11 is 6.13. The van der Waals surface area contributed by atoms with Gasteiger partial charge in [0.1, 0.15) is 11.5 Å². The van der Waals surface area contributed by atoms with E-state index in [1.54, 1.807) is 14.2 Å². The molecule has 0 radical (unpaired) electrons. The van der Waals surface area contributed by atoms with Crippen LogP contribution >= 0.6 is 11.6 Å². The highest BCUT2D eigenvalue weighted by atomic mass is 35.5. The summed E-state index contributed by atoms with van der Waals surface area (Å²) in [6.45, 7) is 3.88. The van der Waals surface area contributed by atoms with E-state index in [2.05, 4.69) is 0 Å². The molecular weight excluding hydrogens is 226 g/mol. The zero-order valence-electron chi connectivity index (χ0n) is 10.1. The molecule has 0 spiro atoms. The Morgan fingerprint density at radius 2 is 1.88 bits per heavy atom. The van der Waals surface area contributed by atoms with Gasteiger partial charge < -0.3 is 15.2 Å². The van der Waals surface area contributed by atoms with Crippen LogP contribution in [0, 0.1) is 6.92 Å². The Kier molecular flexibility index (Phi) is 4.44. The van der Waals surface area contributed by atoms with Crippen molar-refractivity contribution in [2.45, 2.75) is 26.3 Å². The topological polar surface area (TPSA) is 44.5 Å². The fraction of sp³-hybridized carbons (Fsp3) is 0.500. The molecule has 1 atom stereocenters. The van der Waals surface area contributed by atoms with Crippen LogP contribution in [0.3, 0.4) is 0 Å². The molecule has 0 aliphatic carbocycles. The first kappa shape index (κ1) is 13.1. The van der Waals surface area contributed by atoms with Crippen molar-refractivity contribution in [3.63, 3.8) is 0 Å². The third-order valence-electron chi connectivity index (χ3n) is 2.44. The van der Waals surface area contributed by atoms with Crippen LogP contribution in [-0.2, 0) is 6.42 Å². The fourth-order valence-electron chi connectivity index (χ4n) is 1.84. The summed E-state index contributed by atoms with van der Waals surface area (Å²) in [6.07, 6.45) is 0.730. The summed E-state index contributed by atoms with van der Waals surface area (Å²) in [5.74, 6) is 1.46. The second-order valence-electron chi connectivity index (χ2n) is 3.89. The quantitative estimate of drug-likeness (QED) is 0.884. The van der Waals surface area contributed by atoms with Crippen LogP contribution in [0.5, 0.6) is 11.5 Å². The maximum atomic E-state index is 6.13. The van der Waals surface area contributed by atoms with Crippen LogP contribution in [0.4, 0.5) is 0 Å². The lowest BCUT2D eigenvalue weighted by Crippen LogP contribution is -2.18. The number of hydrogen-bond donors (Lipinski definition) is 1. The molecule has 1 aromatic carbocycles. The van der Waals surface area contributed by atoms with Crippen molar-refractivity contribution in [1.82, 2.24) is 0 Å². The van der Waals surface area contributed by atoms with Gasteiger partial charge in [-0.05, 0) is 31.9 Å². The van der Waals surface area contributed by atoms with E-state index in [4.69, 9.17) is 26.8 Å². The van der Waals surface area contributed by atoms with E-state index in [0.29, 0.717) is 10.8 Å². The normalized spacial score (nSPS) is 12.4. The summed E-state index contributed by atoms with van der Waals surface area (Å²) in [4.78, 5) is 0. The molecule has 16 heavy (non-hydrogen) atoms. The molecule has 0 fully saturated rings. The predicted octanol–water partition coefficient (Wildman–Crippen LogP) is 2.56. The number of ether oxygens (including phenoxy) is 2. The van der Waals surface area contributed by atoms with E-state index in [0.717, 1.165) is 23.3 Å². The van der Waals surface area contributed by atoms with Gasteiger partial charge in [-0.25, -0.2) is 0 Å². The van der Waals surface area contributed by atoms with Gasteiger partial charge in [0.2, 0.25) is 0 Å². The maximum Gasteiger partial charge on any atom is 0.144 e. The minimum atomic E-state index is 0.0674. The van der Waals surface area contributed by atoms with Gasteiger partial charge in [0.15, 0.2) is 0 Å². The minimum Gasteiger partial charge on any atom is -0.496 e. The minimum absolute atomic E-state index is 0.0674. The van der Waals surface area contributed by atoms with E-state index in [1.165, 1.54) is 0 Å². The molecule has 0 aliphatic heterocycles. The van der Waals surface area contributed by atoms with Crippen molar-refractivity contribution >= 4 is 11.6 Å². The highest BCUT2D eigenvalue weighted by Gasteiger charge is 2.16. The number of halogens is 1. The van der Waals surface area contributed by atoms with Gasteiger partial charge in [-0.15, -0.1) is 0 Å². The lowest BCUT2D eigenvalue weighted by molar-refractivity contribution is 0.385. The number of nitrogens with two attached hydrogens (primary N) is 1. The standard InChI is InChI=1S/C12H18ClNO2/c1-7(14)5-9-6-10(13)12(16-4)8(2)11(9)15-3/h6-7H,5,14H2,1-4H3. The number of hydrogen-bond acceptors (Lipinski definition) is 3. The summed E-state index contributed by atoms with van der Waals surface area (Å²) in [5, 5.41) is 0.594. The molecule has 3 nitrogen and oxygen atoms in total. The molecular formula is C12H18ClNO2. The van der Waals surface area contributed by atoms with Crippen LogP contribution in [0.25, 0.3) is 0 Å². The van der Waals surface area contributed by atoms with Gasteiger partial charge in [-0.1, -0.05) is 11.6 Å². The van der Waals surface area contributed by atoms with E-state index < -0.39 is 0 Å².